The van der Waals surface area contributed by atoms with Crippen LogP contribution in [0.5, 0.6) is 5.75 Å². The molecule has 2 N–H and O–H groups in total. The molecule has 0 spiro atoms. The van der Waals surface area contributed by atoms with Crippen molar-refractivity contribution < 1.29 is 9.53 Å². The van der Waals surface area contributed by atoms with Crippen molar-refractivity contribution in [3.05, 3.63) is 54.0 Å². The van der Waals surface area contributed by atoms with E-state index in [2.05, 4.69) is 25.7 Å². The van der Waals surface area contributed by atoms with Gasteiger partial charge in [0.1, 0.15) is 5.75 Å². The molecule has 1 fully saturated rings. The van der Waals surface area contributed by atoms with Crippen molar-refractivity contribution in [3.63, 3.8) is 0 Å². The van der Waals surface area contributed by atoms with E-state index in [1.165, 1.54) is 0 Å². The van der Waals surface area contributed by atoms with Crippen molar-refractivity contribution in [2.45, 2.75) is 18.8 Å². The minimum atomic E-state index is -0.253. The number of amides is 1. The number of nitrogens with zero attached hydrogens (tertiary/aromatic N) is 4. The van der Waals surface area contributed by atoms with E-state index in [1.807, 2.05) is 18.2 Å². The lowest BCUT2D eigenvalue weighted by molar-refractivity contribution is 0.102. The number of anilines is 1. The fourth-order valence-corrected chi connectivity index (χ4v) is 3.51. The maximum Gasteiger partial charge on any atom is 0.258 e. The van der Waals surface area contributed by atoms with E-state index in [4.69, 9.17) is 4.74 Å². The number of methoxy groups -OCH3 is 1. The molecular weight excluding hydrogens is 368 g/mol. The second kappa shape index (κ2) is 8.40. The summed E-state index contributed by atoms with van der Waals surface area (Å²) in [5.74, 6) is 1.96. The number of carbonyl (C=O) groups excluding carboxylic acids is 1. The second-order valence-electron chi connectivity index (χ2n) is 7.03. The number of nitrogens with one attached hydrogen (secondary N) is 2. The largest absolute Gasteiger partial charge is 0.496 e. The van der Waals surface area contributed by atoms with Gasteiger partial charge < -0.3 is 10.1 Å². The topological polar surface area (TPSA) is 94.0 Å². The van der Waals surface area contributed by atoms with E-state index in [-0.39, 0.29) is 5.91 Å². The Balaban J connectivity index is 1.57. The monoisotopic (exact) mass is 392 g/mol. The first-order valence-corrected chi connectivity index (χ1v) is 9.68. The number of ether oxygens (including phenoxy) is 1. The summed E-state index contributed by atoms with van der Waals surface area (Å²) < 4.78 is 7.06. The predicted octanol–water partition coefficient (Wildman–Crippen LogP) is 2.61. The summed E-state index contributed by atoms with van der Waals surface area (Å²) in [5, 5.41) is 10.7. The van der Waals surface area contributed by atoms with Crippen molar-refractivity contribution in [2.24, 2.45) is 7.05 Å². The zero-order valence-electron chi connectivity index (χ0n) is 16.6. The number of hydrogen-bond acceptors (Lipinski definition) is 6. The molecule has 1 saturated heterocycles. The first-order valence-electron chi connectivity index (χ1n) is 9.68. The molecule has 8 nitrogen and oxygen atoms in total. The average molecular weight is 392 g/mol. The normalized spacial score (nSPS) is 14.6. The predicted molar refractivity (Wildman–Crippen MR) is 110 cm³/mol. The molecule has 1 aliphatic rings. The highest BCUT2D eigenvalue weighted by Gasteiger charge is 2.22. The van der Waals surface area contributed by atoms with Crippen molar-refractivity contribution >= 4 is 11.9 Å². The third kappa shape index (κ3) is 4.12. The molecular formula is C21H24N6O2. The second-order valence-corrected chi connectivity index (χ2v) is 7.03. The van der Waals surface area contributed by atoms with Gasteiger partial charge in [-0.25, -0.2) is 4.68 Å². The van der Waals surface area contributed by atoms with Gasteiger partial charge in [-0.05, 0) is 56.3 Å². The summed E-state index contributed by atoms with van der Waals surface area (Å²) in [6.45, 7) is 1.93. The molecule has 1 amide bonds. The van der Waals surface area contributed by atoms with E-state index in [0.717, 1.165) is 43.0 Å². The molecule has 0 saturated carbocycles. The Morgan fingerprint density at radius 1 is 1.24 bits per heavy atom. The van der Waals surface area contributed by atoms with Gasteiger partial charge in [0, 0.05) is 30.3 Å². The van der Waals surface area contributed by atoms with Gasteiger partial charge in [0.05, 0.1) is 12.8 Å². The lowest BCUT2D eigenvalue weighted by Gasteiger charge is -2.19. The standard InChI is InChI=1S/C21H24N6O2/c1-27-21(24-19(26-27)14-8-11-22-12-9-14)25-20(28)15-6-7-18(29-2)16(13-15)17-5-3-4-10-23-17/h3-7,10,13-14,22H,8-9,11-12H2,1-2H3,(H,24,25,26,28). The Labute approximate surface area is 169 Å². The quantitative estimate of drug-likeness (QED) is 0.693. The number of carbonyl (C=O) groups is 1. The molecule has 8 heteroatoms. The molecule has 0 radical (unpaired) electrons. The minimum absolute atomic E-state index is 0.253. The first kappa shape index (κ1) is 19.1. The fourth-order valence-electron chi connectivity index (χ4n) is 3.51. The summed E-state index contributed by atoms with van der Waals surface area (Å²) in [6, 6.07) is 10.9. The highest BCUT2D eigenvalue weighted by atomic mass is 16.5. The number of rotatable bonds is 5. The van der Waals surface area contributed by atoms with E-state index in [1.54, 1.807) is 43.2 Å². The molecule has 0 aliphatic carbocycles. The zero-order chi connectivity index (χ0) is 20.2. The molecule has 0 bridgehead atoms. The maximum absolute atomic E-state index is 12.9. The first-order chi connectivity index (χ1) is 14.2. The van der Waals surface area contributed by atoms with Crippen LogP contribution < -0.4 is 15.4 Å². The molecule has 0 unspecified atom stereocenters. The van der Waals surface area contributed by atoms with E-state index in [0.29, 0.717) is 23.2 Å². The lowest BCUT2D eigenvalue weighted by atomic mass is 9.98. The van der Waals surface area contributed by atoms with Crippen molar-refractivity contribution in [3.8, 4) is 17.0 Å². The minimum Gasteiger partial charge on any atom is -0.496 e. The van der Waals surface area contributed by atoms with Gasteiger partial charge in [0.15, 0.2) is 5.82 Å². The molecule has 2 aromatic heterocycles. The zero-order valence-corrected chi connectivity index (χ0v) is 16.6. The Hall–Kier alpha value is -3.26. The molecule has 29 heavy (non-hydrogen) atoms. The van der Waals surface area contributed by atoms with Gasteiger partial charge in [-0.1, -0.05) is 6.07 Å². The third-order valence-electron chi connectivity index (χ3n) is 5.11. The fraction of sp³-hybridized carbons (Fsp3) is 0.333. The number of aryl methyl sites for hydroxylation is 1. The summed E-state index contributed by atoms with van der Waals surface area (Å²) in [7, 11) is 3.39. The van der Waals surface area contributed by atoms with Crippen LogP contribution in [0.2, 0.25) is 0 Å². The van der Waals surface area contributed by atoms with Crippen LogP contribution in [0.1, 0.15) is 34.9 Å². The summed E-state index contributed by atoms with van der Waals surface area (Å²) in [4.78, 5) is 21.8. The number of pyridine rings is 1. The number of piperidine rings is 1. The molecule has 150 valence electrons. The van der Waals surface area contributed by atoms with E-state index >= 15 is 0 Å². The summed E-state index contributed by atoms with van der Waals surface area (Å²) >= 11 is 0. The molecule has 3 heterocycles. The van der Waals surface area contributed by atoms with Crippen molar-refractivity contribution in [1.29, 1.82) is 0 Å². The van der Waals surface area contributed by atoms with Gasteiger partial charge in [-0.15, -0.1) is 0 Å². The Bertz CT molecular complexity index is 996. The van der Waals surface area contributed by atoms with Crippen LogP contribution in [-0.2, 0) is 7.05 Å². The molecule has 4 rings (SSSR count). The van der Waals surface area contributed by atoms with Gasteiger partial charge >= 0.3 is 0 Å². The maximum atomic E-state index is 12.9. The van der Waals surface area contributed by atoms with Crippen LogP contribution in [0.3, 0.4) is 0 Å². The van der Waals surface area contributed by atoms with Crippen LogP contribution in [0.25, 0.3) is 11.3 Å². The van der Waals surface area contributed by atoms with Crippen LogP contribution in [0, 0.1) is 0 Å². The van der Waals surface area contributed by atoms with Crippen LogP contribution >= 0.6 is 0 Å². The number of hydrogen-bond donors (Lipinski definition) is 2. The Morgan fingerprint density at radius 3 is 2.79 bits per heavy atom. The SMILES string of the molecule is COc1ccc(C(=O)Nc2nc(C3CCNCC3)nn2C)cc1-c1ccccn1. The summed E-state index contributed by atoms with van der Waals surface area (Å²) in [6.07, 6.45) is 3.72. The Morgan fingerprint density at radius 2 is 2.07 bits per heavy atom. The van der Waals surface area contributed by atoms with Gasteiger partial charge in [-0.3, -0.25) is 15.1 Å². The van der Waals surface area contributed by atoms with E-state index < -0.39 is 0 Å². The highest BCUT2D eigenvalue weighted by molar-refractivity contribution is 6.04. The summed E-state index contributed by atoms with van der Waals surface area (Å²) in [5.41, 5.74) is 2.00. The van der Waals surface area contributed by atoms with Crippen molar-refractivity contribution in [1.82, 2.24) is 25.1 Å². The molecule has 1 aromatic carbocycles. The van der Waals surface area contributed by atoms with Crippen LogP contribution in [0.4, 0.5) is 5.95 Å². The lowest BCUT2D eigenvalue weighted by Crippen LogP contribution is -2.27. The smallest absolute Gasteiger partial charge is 0.258 e. The van der Waals surface area contributed by atoms with Crippen LogP contribution in [-0.4, -0.2) is 45.9 Å². The van der Waals surface area contributed by atoms with Gasteiger partial charge in [0.2, 0.25) is 5.95 Å². The molecule has 0 atom stereocenters. The molecule has 1 aliphatic heterocycles. The van der Waals surface area contributed by atoms with E-state index in [9.17, 15) is 4.79 Å². The third-order valence-corrected chi connectivity index (χ3v) is 5.11. The average Bonchev–Trinajstić information content (AvgIpc) is 3.14. The van der Waals surface area contributed by atoms with Crippen molar-refractivity contribution in [2.75, 3.05) is 25.5 Å². The number of benzene rings is 1. The Kier molecular flexibility index (Phi) is 5.53. The molecule has 3 aromatic rings. The highest BCUT2D eigenvalue weighted by Crippen LogP contribution is 2.30. The van der Waals surface area contributed by atoms with Gasteiger partial charge in [0.25, 0.3) is 5.91 Å². The van der Waals surface area contributed by atoms with Crippen LogP contribution in [0.15, 0.2) is 42.6 Å². The number of aromatic nitrogens is 4. The van der Waals surface area contributed by atoms with Gasteiger partial charge in [-0.2, -0.15) is 10.1 Å².